The van der Waals surface area contributed by atoms with Crippen LogP contribution < -0.4 is 5.32 Å². The number of halogens is 1. The van der Waals surface area contributed by atoms with Crippen LogP contribution in [-0.2, 0) is 0 Å². The minimum Gasteiger partial charge on any atom is -0.506 e. The third-order valence-corrected chi connectivity index (χ3v) is 4.83. The highest BCUT2D eigenvalue weighted by Gasteiger charge is 2.36. The maximum Gasteiger partial charge on any atom is 0.278 e. The van der Waals surface area contributed by atoms with Crippen LogP contribution in [0.2, 0.25) is 5.02 Å². The lowest BCUT2D eigenvalue weighted by Crippen LogP contribution is -2.45. The molecule has 0 amide bonds. The summed E-state index contributed by atoms with van der Waals surface area (Å²) < 4.78 is 0. The van der Waals surface area contributed by atoms with Crippen molar-refractivity contribution in [1.82, 2.24) is 10.2 Å². The van der Waals surface area contributed by atoms with Gasteiger partial charge in [-0.1, -0.05) is 24.4 Å². The zero-order chi connectivity index (χ0) is 15.7. The largest absolute Gasteiger partial charge is 0.506 e. The number of hydrogen-bond donors (Lipinski definition) is 2. The highest BCUT2D eigenvalue weighted by atomic mass is 35.5. The van der Waals surface area contributed by atoms with Crippen LogP contribution in [0.4, 0.5) is 5.69 Å². The zero-order valence-electron chi connectivity index (χ0n) is 12.3. The minimum absolute atomic E-state index is 0.0360. The number of nitro groups is 1. The minimum atomic E-state index is -0.423. The molecule has 0 bridgehead atoms. The Hall–Kier alpha value is -1.37. The van der Waals surface area contributed by atoms with E-state index in [4.69, 9.17) is 11.6 Å². The fourth-order valence-electron chi connectivity index (χ4n) is 3.17. The molecule has 1 aliphatic carbocycles. The molecule has 0 unspecified atom stereocenters. The van der Waals surface area contributed by atoms with Crippen molar-refractivity contribution in [2.45, 2.75) is 25.3 Å². The third kappa shape index (κ3) is 3.19. The molecule has 1 aromatic carbocycles. The summed E-state index contributed by atoms with van der Waals surface area (Å²) in [6.07, 6.45) is 3.17. The summed E-state index contributed by atoms with van der Waals surface area (Å²) in [7, 11) is 0. The van der Waals surface area contributed by atoms with Crippen molar-refractivity contribution in [3.05, 3.63) is 32.8 Å². The van der Waals surface area contributed by atoms with E-state index in [1.807, 2.05) is 0 Å². The molecule has 2 N–H and O–H groups in total. The molecule has 1 atom stereocenters. The van der Waals surface area contributed by atoms with Gasteiger partial charge in [-0.3, -0.25) is 15.0 Å². The monoisotopic (exact) mass is 325 g/mol. The summed E-state index contributed by atoms with van der Waals surface area (Å²) in [6.45, 7) is 3.35. The fraction of sp³-hybridized carbons (Fsp3) is 0.600. The lowest BCUT2D eigenvalue weighted by Gasteiger charge is -2.35. The van der Waals surface area contributed by atoms with E-state index in [9.17, 15) is 15.2 Å². The lowest BCUT2D eigenvalue weighted by atomic mass is 9.96. The quantitative estimate of drug-likeness (QED) is 0.643. The molecule has 120 valence electrons. The molecule has 1 aliphatic heterocycles. The van der Waals surface area contributed by atoms with Gasteiger partial charge >= 0.3 is 0 Å². The smallest absolute Gasteiger partial charge is 0.278 e. The van der Waals surface area contributed by atoms with Crippen molar-refractivity contribution in [3.8, 4) is 5.75 Å². The maximum atomic E-state index is 11.4. The average molecular weight is 326 g/mol. The third-order valence-electron chi connectivity index (χ3n) is 4.52. The number of hydrogen-bond acceptors (Lipinski definition) is 5. The second kappa shape index (κ2) is 6.40. The van der Waals surface area contributed by atoms with Gasteiger partial charge in [0.15, 0.2) is 0 Å². The summed E-state index contributed by atoms with van der Waals surface area (Å²) in [5.41, 5.74) is 0.345. The van der Waals surface area contributed by atoms with Crippen LogP contribution in [0.15, 0.2) is 12.1 Å². The summed E-state index contributed by atoms with van der Waals surface area (Å²) in [5, 5.41) is 25.2. The van der Waals surface area contributed by atoms with Gasteiger partial charge in [-0.2, -0.15) is 0 Å². The van der Waals surface area contributed by atoms with E-state index < -0.39 is 4.92 Å². The van der Waals surface area contributed by atoms with Crippen molar-refractivity contribution < 1.29 is 10.0 Å². The molecule has 1 heterocycles. The first-order valence-corrected chi connectivity index (χ1v) is 8.06. The van der Waals surface area contributed by atoms with Gasteiger partial charge in [-0.15, -0.1) is 0 Å². The van der Waals surface area contributed by atoms with Gasteiger partial charge in [0.1, 0.15) is 5.75 Å². The van der Waals surface area contributed by atoms with Crippen LogP contribution in [0, 0.1) is 16.0 Å². The molecule has 2 fully saturated rings. The molecule has 7 heteroatoms. The Morgan fingerprint density at radius 3 is 2.68 bits per heavy atom. The van der Waals surface area contributed by atoms with Crippen molar-refractivity contribution in [3.63, 3.8) is 0 Å². The van der Waals surface area contributed by atoms with Crippen LogP contribution in [0.5, 0.6) is 5.75 Å². The van der Waals surface area contributed by atoms with Gasteiger partial charge in [0.25, 0.3) is 5.69 Å². The molecule has 22 heavy (non-hydrogen) atoms. The van der Waals surface area contributed by atoms with Crippen LogP contribution in [0.3, 0.4) is 0 Å². The Morgan fingerprint density at radius 2 is 2.09 bits per heavy atom. The van der Waals surface area contributed by atoms with E-state index >= 15 is 0 Å². The second-order valence-electron chi connectivity index (χ2n) is 6.07. The molecule has 0 aromatic heterocycles. The van der Waals surface area contributed by atoms with Crippen LogP contribution in [0.25, 0.3) is 0 Å². The van der Waals surface area contributed by atoms with E-state index in [0.29, 0.717) is 11.5 Å². The molecular weight excluding hydrogens is 306 g/mol. The van der Waals surface area contributed by atoms with Gasteiger partial charge in [0.05, 0.1) is 15.5 Å². The van der Waals surface area contributed by atoms with Gasteiger partial charge < -0.3 is 10.4 Å². The first-order valence-electron chi connectivity index (χ1n) is 7.68. The molecule has 1 saturated carbocycles. The number of nitrogens with one attached hydrogen (secondary N) is 1. The Kier molecular flexibility index (Phi) is 4.52. The molecule has 6 nitrogen and oxygen atoms in total. The molecular formula is C15H20ClN3O3. The molecule has 3 rings (SSSR count). The predicted molar refractivity (Wildman–Crippen MR) is 84.3 cm³/mol. The number of nitrogens with zero attached hydrogens (tertiary/aromatic N) is 2. The van der Waals surface area contributed by atoms with E-state index in [1.54, 1.807) is 0 Å². The summed E-state index contributed by atoms with van der Waals surface area (Å²) in [6, 6.07) is 2.65. The number of phenolic OH excluding ortho intramolecular Hbond substituents is 1. The van der Waals surface area contributed by atoms with Gasteiger partial charge in [0.2, 0.25) is 0 Å². The summed E-state index contributed by atoms with van der Waals surface area (Å²) in [4.78, 5) is 13.2. The van der Waals surface area contributed by atoms with Crippen LogP contribution in [-0.4, -0.2) is 41.1 Å². The number of aromatic hydroxyl groups is 1. The maximum absolute atomic E-state index is 11.4. The van der Waals surface area contributed by atoms with Crippen LogP contribution >= 0.6 is 11.6 Å². The summed E-state index contributed by atoms with van der Waals surface area (Å²) >= 11 is 6.02. The SMILES string of the molecule is O=[N+]([O-])c1ccc(Cl)c(O)c1[C@@H](CC1CC1)N1CCNCC1. The first kappa shape index (κ1) is 15.5. The first-order chi connectivity index (χ1) is 10.6. The Labute approximate surface area is 134 Å². The average Bonchev–Trinajstić information content (AvgIpc) is 3.32. The van der Waals surface area contributed by atoms with Crippen molar-refractivity contribution in [1.29, 1.82) is 0 Å². The normalized spacial score (nSPS) is 20.8. The number of rotatable bonds is 5. The van der Waals surface area contributed by atoms with Crippen molar-refractivity contribution >= 4 is 17.3 Å². The van der Waals surface area contributed by atoms with Crippen molar-refractivity contribution in [2.24, 2.45) is 5.92 Å². The Morgan fingerprint density at radius 1 is 1.41 bits per heavy atom. The van der Waals surface area contributed by atoms with E-state index in [2.05, 4.69) is 10.2 Å². The Balaban J connectivity index is 2.01. The standard InChI is InChI=1S/C15H20ClN3O3/c16-11-3-4-12(19(21)22)14(15(11)20)13(9-10-1-2-10)18-7-5-17-6-8-18/h3-4,10,13,17,20H,1-2,5-9H2/t13-/m1/s1. The lowest BCUT2D eigenvalue weighted by molar-refractivity contribution is -0.386. The van der Waals surface area contributed by atoms with Gasteiger partial charge in [-0.05, 0) is 18.4 Å². The van der Waals surface area contributed by atoms with Gasteiger partial charge in [-0.25, -0.2) is 0 Å². The number of phenols is 1. The molecule has 0 spiro atoms. The molecule has 1 aromatic rings. The highest BCUT2D eigenvalue weighted by Crippen LogP contribution is 2.47. The van der Waals surface area contributed by atoms with E-state index in [0.717, 1.165) is 45.4 Å². The second-order valence-corrected chi connectivity index (χ2v) is 6.47. The summed E-state index contributed by atoms with van der Waals surface area (Å²) in [5.74, 6) is 0.456. The van der Waals surface area contributed by atoms with Crippen molar-refractivity contribution in [2.75, 3.05) is 26.2 Å². The Bertz CT molecular complexity index is 571. The fourth-order valence-corrected chi connectivity index (χ4v) is 3.34. The van der Waals surface area contributed by atoms with Crippen LogP contribution in [0.1, 0.15) is 30.9 Å². The topological polar surface area (TPSA) is 78.6 Å². The molecule has 2 aliphatic rings. The number of benzene rings is 1. The zero-order valence-corrected chi connectivity index (χ0v) is 13.1. The predicted octanol–water partition coefficient (Wildman–Crippen LogP) is 2.70. The number of piperazine rings is 1. The highest BCUT2D eigenvalue weighted by molar-refractivity contribution is 6.32. The van der Waals surface area contributed by atoms with Gasteiger partial charge in [0, 0.05) is 38.3 Å². The number of nitro benzene ring substituents is 1. The molecule has 0 radical (unpaired) electrons. The molecule has 1 saturated heterocycles. The van der Waals surface area contributed by atoms with E-state index in [1.165, 1.54) is 12.1 Å². The van der Waals surface area contributed by atoms with E-state index in [-0.39, 0.29) is 22.5 Å².